The number of nitrogens with zero attached hydrogens (tertiary/aromatic N) is 1. The molecule has 0 saturated carbocycles. The van der Waals surface area contributed by atoms with Crippen molar-refractivity contribution in [2.24, 2.45) is 0 Å². The average molecular weight is 321 g/mol. The maximum Gasteiger partial charge on any atom is 0.306 e. The van der Waals surface area contributed by atoms with Crippen LogP contribution in [0.5, 0.6) is 0 Å². The Kier molecular flexibility index (Phi) is 6.60. The lowest BCUT2D eigenvalue weighted by molar-refractivity contribution is -0.142. The number of esters is 1. The largest absolute Gasteiger partial charge is 0.452 e. The van der Waals surface area contributed by atoms with E-state index in [1.54, 1.807) is 4.90 Å². The Balaban J connectivity index is 2.04. The van der Waals surface area contributed by atoms with Crippen LogP contribution in [0.15, 0.2) is 60.7 Å². The summed E-state index contributed by atoms with van der Waals surface area (Å²) in [5.74, 6) is 1.79. The smallest absolute Gasteiger partial charge is 0.306 e. The van der Waals surface area contributed by atoms with Crippen LogP contribution in [-0.2, 0) is 14.3 Å². The maximum atomic E-state index is 12.7. The Labute approximate surface area is 142 Å². The zero-order valence-corrected chi connectivity index (χ0v) is 13.4. The molecule has 2 aromatic carbocycles. The highest BCUT2D eigenvalue weighted by Gasteiger charge is 2.17. The minimum atomic E-state index is -0.383. The lowest BCUT2D eigenvalue weighted by atomic mass is 10.1. The first-order valence-electron chi connectivity index (χ1n) is 7.74. The topological polar surface area (TPSA) is 46.6 Å². The van der Waals surface area contributed by atoms with E-state index in [2.05, 4.69) is 5.92 Å². The Hall–Kier alpha value is -3.06. The monoisotopic (exact) mass is 321 g/mol. The number of amides is 1. The molecule has 122 valence electrons. The van der Waals surface area contributed by atoms with Gasteiger partial charge in [0.05, 0.1) is 0 Å². The molecule has 4 nitrogen and oxygen atoms in total. The molecule has 0 unspecified atom stereocenters. The molecule has 0 heterocycles. The molecule has 0 atom stereocenters. The van der Waals surface area contributed by atoms with E-state index in [-0.39, 0.29) is 31.3 Å². The number of carbonyl (C=O) groups is 2. The van der Waals surface area contributed by atoms with Crippen molar-refractivity contribution in [3.8, 4) is 12.3 Å². The molecule has 0 aliphatic heterocycles. The predicted octanol–water partition coefficient (Wildman–Crippen LogP) is 3.70. The van der Waals surface area contributed by atoms with Crippen LogP contribution >= 0.6 is 0 Å². The van der Waals surface area contributed by atoms with Gasteiger partial charge < -0.3 is 4.74 Å². The van der Waals surface area contributed by atoms with E-state index < -0.39 is 0 Å². The zero-order valence-electron chi connectivity index (χ0n) is 13.4. The number of ether oxygens (including phenoxy) is 1. The first-order chi connectivity index (χ1) is 11.7. The van der Waals surface area contributed by atoms with Gasteiger partial charge in [0.15, 0.2) is 6.61 Å². The molecule has 0 bridgehead atoms. The zero-order chi connectivity index (χ0) is 17.2. The third-order valence-corrected chi connectivity index (χ3v) is 3.37. The Morgan fingerprint density at radius 3 is 1.96 bits per heavy atom. The molecule has 2 aromatic rings. The number of anilines is 2. The molecule has 0 aliphatic rings. The van der Waals surface area contributed by atoms with Gasteiger partial charge in [0.2, 0.25) is 5.91 Å². The summed E-state index contributed by atoms with van der Waals surface area (Å²) in [5.41, 5.74) is 1.59. The fourth-order valence-corrected chi connectivity index (χ4v) is 2.28. The van der Waals surface area contributed by atoms with Crippen molar-refractivity contribution in [1.29, 1.82) is 0 Å². The van der Waals surface area contributed by atoms with Crippen molar-refractivity contribution in [3.05, 3.63) is 60.7 Å². The Bertz CT molecular complexity index is 665. The number of hydrogen-bond acceptors (Lipinski definition) is 3. The third-order valence-electron chi connectivity index (χ3n) is 3.37. The number of para-hydroxylation sites is 2. The van der Waals surface area contributed by atoms with Gasteiger partial charge in [-0.05, 0) is 30.7 Å². The van der Waals surface area contributed by atoms with Gasteiger partial charge in [0.25, 0.3) is 0 Å². The van der Waals surface area contributed by atoms with Gasteiger partial charge in [0, 0.05) is 24.2 Å². The standard InChI is InChI=1S/C20H19NO3/c1-2-16-24-20(23)15-9-14-19(22)21(17-10-5-3-6-11-17)18-12-7-4-8-13-18/h1,3-8,10-13H,9,14-16H2. The maximum absolute atomic E-state index is 12.7. The van der Waals surface area contributed by atoms with Gasteiger partial charge in [-0.2, -0.15) is 0 Å². The van der Waals surface area contributed by atoms with Crippen molar-refractivity contribution in [1.82, 2.24) is 0 Å². The molecule has 0 N–H and O–H groups in total. The highest BCUT2D eigenvalue weighted by atomic mass is 16.5. The second-order valence-electron chi connectivity index (χ2n) is 5.12. The van der Waals surface area contributed by atoms with E-state index in [1.807, 2.05) is 60.7 Å². The molecule has 0 aliphatic carbocycles. The molecule has 2 rings (SSSR count). The van der Waals surface area contributed by atoms with Crippen LogP contribution in [-0.4, -0.2) is 18.5 Å². The summed E-state index contributed by atoms with van der Waals surface area (Å²) in [6.07, 6.45) is 5.87. The SMILES string of the molecule is C#CCOC(=O)CCCC(=O)N(c1ccccc1)c1ccccc1. The molecule has 0 aromatic heterocycles. The molecule has 0 saturated heterocycles. The number of carbonyl (C=O) groups excluding carboxylic acids is 2. The van der Waals surface area contributed by atoms with Crippen LogP contribution < -0.4 is 4.90 Å². The van der Waals surface area contributed by atoms with Gasteiger partial charge in [-0.15, -0.1) is 6.42 Å². The number of rotatable bonds is 7. The fourth-order valence-electron chi connectivity index (χ4n) is 2.28. The third kappa shape index (κ3) is 4.99. The van der Waals surface area contributed by atoms with E-state index in [1.165, 1.54) is 0 Å². The summed E-state index contributed by atoms with van der Waals surface area (Å²) in [6, 6.07) is 18.9. The van der Waals surface area contributed by atoms with Crippen LogP contribution in [0.3, 0.4) is 0 Å². The van der Waals surface area contributed by atoms with E-state index in [0.29, 0.717) is 6.42 Å². The summed E-state index contributed by atoms with van der Waals surface area (Å²) < 4.78 is 4.80. The summed E-state index contributed by atoms with van der Waals surface area (Å²) in [4.78, 5) is 25.8. The highest BCUT2D eigenvalue weighted by molar-refractivity contribution is 6.00. The number of terminal acetylenes is 1. The molecule has 24 heavy (non-hydrogen) atoms. The van der Waals surface area contributed by atoms with Crippen molar-refractivity contribution in [3.63, 3.8) is 0 Å². The van der Waals surface area contributed by atoms with Crippen LogP contribution in [0.25, 0.3) is 0 Å². The number of hydrogen-bond donors (Lipinski definition) is 0. The van der Waals surface area contributed by atoms with E-state index in [0.717, 1.165) is 11.4 Å². The quantitative estimate of drug-likeness (QED) is 0.577. The van der Waals surface area contributed by atoms with Crippen LogP contribution in [0.4, 0.5) is 11.4 Å². The van der Waals surface area contributed by atoms with E-state index >= 15 is 0 Å². The van der Waals surface area contributed by atoms with Crippen LogP contribution in [0.2, 0.25) is 0 Å². The summed E-state index contributed by atoms with van der Waals surface area (Å²) in [7, 11) is 0. The van der Waals surface area contributed by atoms with Gasteiger partial charge >= 0.3 is 5.97 Å². The molecule has 0 radical (unpaired) electrons. The van der Waals surface area contributed by atoms with Gasteiger partial charge in [-0.1, -0.05) is 42.3 Å². The average Bonchev–Trinajstić information content (AvgIpc) is 2.62. The summed E-state index contributed by atoms with van der Waals surface area (Å²) in [6.45, 7) is -0.0348. The van der Waals surface area contributed by atoms with Crippen molar-refractivity contribution in [2.75, 3.05) is 11.5 Å². The predicted molar refractivity (Wildman–Crippen MR) is 93.7 cm³/mol. The minimum Gasteiger partial charge on any atom is -0.452 e. The first kappa shape index (κ1) is 17.3. The molecular weight excluding hydrogens is 302 g/mol. The molecule has 0 spiro atoms. The second-order valence-corrected chi connectivity index (χ2v) is 5.12. The van der Waals surface area contributed by atoms with Gasteiger partial charge in [-0.25, -0.2) is 0 Å². The summed E-state index contributed by atoms with van der Waals surface area (Å²) in [5, 5.41) is 0. The second kappa shape index (κ2) is 9.16. The van der Waals surface area contributed by atoms with Crippen LogP contribution in [0.1, 0.15) is 19.3 Å². The lowest BCUT2D eigenvalue weighted by Crippen LogP contribution is -2.25. The normalized spacial score (nSPS) is 9.79. The molecular formula is C20H19NO3. The van der Waals surface area contributed by atoms with Crippen molar-refractivity contribution in [2.45, 2.75) is 19.3 Å². The highest BCUT2D eigenvalue weighted by Crippen LogP contribution is 2.26. The van der Waals surface area contributed by atoms with Gasteiger partial charge in [-0.3, -0.25) is 14.5 Å². The van der Waals surface area contributed by atoms with Crippen LogP contribution in [0, 0.1) is 12.3 Å². The Morgan fingerprint density at radius 2 is 1.46 bits per heavy atom. The number of benzene rings is 2. The van der Waals surface area contributed by atoms with E-state index in [4.69, 9.17) is 11.2 Å². The van der Waals surface area contributed by atoms with Gasteiger partial charge in [0.1, 0.15) is 0 Å². The molecule has 0 fully saturated rings. The van der Waals surface area contributed by atoms with Crippen molar-refractivity contribution >= 4 is 23.3 Å². The molecule has 4 heteroatoms. The summed E-state index contributed by atoms with van der Waals surface area (Å²) >= 11 is 0. The minimum absolute atomic E-state index is 0.0348. The van der Waals surface area contributed by atoms with Crippen molar-refractivity contribution < 1.29 is 14.3 Å². The first-order valence-corrected chi connectivity index (χ1v) is 7.74. The Morgan fingerprint density at radius 1 is 0.917 bits per heavy atom. The lowest BCUT2D eigenvalue weighted by Gasteiger charge is -2.23. The fraction of sp³-hybridized carbons (Fsp3) is 0.200. The molecule has 1 amide bonds. The van der Waals surface area contributed by atoms with E-state index in [9.17, 15) is 9.59 Å².